The van der Waals surface area contributed by atoms with E-state index in [0.29, 0.717) is 13.0 Å². The van der Waals surface area contributed by atoms with Gasteiger partial charge in [-0.05, 0) is 35.4 Å². The summed E-state index contributed by atoms with van der Waals surface area (Å²) in [6.07, 6.45) is -4.50. The number of alkyl halides is 3. The predicted octanol–water partition coefficient (Wildman–Crippen LogP) is 4.37. The second-order valence-corrected chi connectivity index (χ2v) is 5.45. The van der Waals surface area contributed by atoms with Gasteiger partial charge in [-0.3, -0.25) is 0 Å². The van der Waals surface area contributed by atoms with Crippen molar-refractivity contribution in [1.82, 2.24) is 5.32 Å². The third kappa shape index (κ3) is 3.94. The van der Waals surface area contributed by atoms with Gasteiger partial charge in [0, 0.05) is 10.7 Å². The molecule has 0 spiro atoms. The number of hydrogen-bond donors (Lipinski definition) is 1. The largest absolute Gasteiger partial charge is 0.390 e. The molecular weight excluding hydrogens is 271 g/mol. The summed E-state index contributed by atoms with van der Waals surface area (Å²) in [5.74, 6) is 0. The van der Waals surface area contributed by atoms with Crippen LogP contribution < -0.4 is 5.32 Å². The minimum absolute atomic E-state index is 0.414. The molecule has 104 valence electrons. The number of fused-ring (bicyclic) bond motifs is 1. The molecule has 1 atom stereocenters. The van der Waals surface area contributed by atoms with E-state index in [-0.39, 0.29) is 0 Å². The Morgan fingerprint density at radius 2 is 2.00 bits per heavy atom. The van der Waals surface area contributed by atoms with Gasteiger partial charge in [-0.2, -0.15) is 13.2 Å². The van der Waals surface area contributed by atoms with Crippen LogP contribution in [0.1, 0.15) is 18.9 Å². The van der Waals surface area contributed by atoms with Gasteiger partial charge in [-0.1, -0.05) is 25.1 Å². The van der Waals surface area contributed by atoms with Crippen LogP contribution in [0.2, 0.25) is 0 Å². The first-order valence-corrected chi connectivity index (χ1v) is 7.13. The minimum Gasteiger partial charge on any atom is -0.314 e. The summed E-state index contributed by atoms with van der Waals surface area (Å²) in [5, 5.41) is 5.96. The molecule has 1 heterocycles. The van der Waals surface area contributed by atoms with Crippen LogP contribution in [0, 0.1) is 0 Å². The third-order valence-electron chi connectivity index (χ3n) is 3.00. The van der Waals surface area contributed by atoms with E-state index in [9.17, 15) is 13.2 Å². The molecule has 0 radical (unpaired) electrons. The summed E-state index contributed by atoms with van der Waals surface area (Å²) < 4.78 is 38.7. The van der Waals surface area contributed by atoms with Crippen LogP contribution in [-0.2, 0) is 6.42 Å². The quantitative estimate of drug-likeness (QED) is 0.861. The summed E-state index contributed by atoms with van der Waals surface area (Å²) in [6.45, 7) is 2.37. The molecule has 1 N–H and O–H groups in total. The number of thiophene rings is 1. The SMILES string of the molecule is CCNC(Cc1csc2ccccc12)CC(F)(F)F. The highest BCUT2D eigenvalue weighted by atomic mass is 32.1. The molecule has 1 nitrogen and oxygen atoms in total. The Hall–Kier alpha value is -1.07. The molecule has 0 amide bonds. The molecule has 0 saturated heterocycles. The van der Waals surface area contributed by atoms with Crippen molar-refractivity contribution in [2.45, 2.75) is 32.0 Å². The number of benzene rings is 1. The van der Waals surface area contributed by atoms with E-state index in [1.165, 1.54) is 0 Å². The van der Waals surface area contributed by atoms with E-state index < -0.39 is 18.6 Å². The lowest BCUT2D eigenvalue weighted by Crippen LogP contribution is -2.35. The topological polar surface area (TPSA) is 12.0 Å². The fourth-order valence-corrected chi connectivity index (χ4v) is 3.22. The first-order valence-electron chi connectivity index (χ1n) is 6.25. The first kappa shape index (κ1) is 14.3. The maximum Gasteiger partial charge on any atom is 0.390 e. The van der Waals surface area contributed by atoms with Crippen molar-refractivity contribution in [2.75, 3.05) is 6.54 Å². The molecule has 1 aromatic carbocycles. The summed E-state index contributed by atoms with van der Waals surface area (Å²) in [5.41, 5.74) is 0.996. The van der Waals surface area contributed by atoms with E-state index in [0.717, 1.165) is 15.6 Å². The number of likely N-dealkylation sites (N-methyl/N-ethyl adjacent to an activating group) is 1. The Balaban J connectivity index is 2.16. The fraction of sp³-hybridized carbons (Fsp3) is 0.429. The highest BCUT2D eigenvalue weighted by Gasteiger charge is 2.31. The van der Waals surface area contributed by atoms with Gasteiger partial charge in [0.2, 0.25) is 0 Å². The van der Waals surface area contributed by atoms with Crippen LogP contribution in [0.5, 0.6) is 0 Å². The zero-order chi connectivity index (χ0) is 13.9. The second-order valence-electron chi connectivity index (χ2n) is 4.54. The number of nitrogens with one attached hydrogen (secondary N) is 1. The lowest BCUT2D eigenvalue weighted by atomic mass is 10.0. The van der Waals surface area contributed by atoms with E-state index in [4.69, 9.17) is 0 Å². The maximum atomic E-state index is 12.5. The Morgan fingerprint density at radius 3 is 2.68 bits per heavy atom. The zero-order valence-electron chi connectivity index (χ0n) is 10.6. The molecule has 2 aromatic rings. The molecule has 1 aromatic heterocycles. The lowest BCUT2D eigenvalue weighted by Gasteiger charge is -2.19. The van der Waals surface area contributed by atoms with Gasteiger partial charge in [-0.15, -0.1) is 11.3 Å². The number of rotatable bonds is 5. The number of halogens is 3. The number of hydrogen-bond acceptors (Lipinski definition) is 2. The zero-order valence-corrected chi connectivity index (χ0v) is 11.4. The molecule has 5 heteroatoms. The van der Waals surface area contributed by atoms with Gasteiger partial charge in [0.25, 0.3) is 0 Å². The lowest BCUT2D eigenvalue weighted by molar-refractivity contribution is -0.139. The van der Waals surface area contributed by atoms with Crippen LogP contribution in [0.4, 0.5) is 13.2 Å². The van der Waals surface area contributed by atoms with Crippen LogP contribution in [0.15, 0.2) is 29.6 Å². The van der Waals surface area contributed by atoms with Gasteiger partial charge in [0.15, 0.2) is 0 Å². The molecule has 0 aliphatic rings. The van der Waals surface area contributed by atoms with E-state index >= 15 is 0 Å². The molecule has 19 heavy (non-hydrogen) atoms. The standard InChI is InChI=1S/C14H16F3NS/c1-2-18-11(8-14(15,16)17)7-10-9-19-13-6-4-3-5-12(10)13/h3-6,9,11,18H,2,7-8H2,1H3. The Kier molecular flexibility index (Phi) is 4.47. The van der Waals surface area contributed by atoms with Crippen molar-refractivity contribution >= 4 is 21.4 Å². The van der Waals surface area contributed by atoms with Gasteiger partial charge < -0.3 is 5.32 Å². The van der Waals surface area contributed by atoms with Crippen LogP contribution >= 0.6 is 11.3 Å². The highest BCUT2D eigenvalue weighted by molar-refractivity contribution is 7.17. The smallest absolute Gasteiger partial charge is 0.314 e. The first-order chi connectivity index (χ1) is 8.99. The Morgan fingerprint density at radius 1 is 1.26 bits per heavy atom. The van der Waals surface area contributed by atoms with E-state index in [1.807, 2.05) is 36.6 Å². The summed E-state index contributed by atoms with van der Waals surface area (Å²) >= 11 is 1.58. The summed E-state index contributed by atoms with van der Waals surface area (Å²) in [7, 11) is 0. The normalized spacial score (nSPS) is 13.9. The van der Waals surface area contributed by atoms with Gasteiger partial charge in [0.05, 0.1) is 6.42 Å². The maximum absolute atomic E-state index is 12.5. The Labute approximate surface area is 114 Å². The molecule has 0 saturated carbocycles. The third-order valence-corrected chi connectivity index (χ3v) is 4.01. The molecule has 2 rings (SSSR count). The molecule has 0 bridgehead atoms. The van der Waals surface area contributed by atoms with Gasteiger partial charge >= 0.3 is 6.18 Å². The molecule has 0 aliphatic carbocycles. The highest BCUT2D eigenvalue weighted by Crippen LogP contribution is 2.29. The average molecular weight is 287 g/mol. The van der Waals surface area contributed by atoms with Crippen LogP contribution in [0.3, 0.4) is 0 Å². The van der Waals surface area contributed by atoms with E-state index in [2.05, 4.69) is 5.32 Å². The van der Waals surface area contributed by atoms with Crippen molar-refractivity contribution in [3.05, 3.63) is 35.2 Å². The van der Waals surface area contributed by atoms with Crippen LogP contribution in [-0.4, -0.2) is 18.8 Å². The monoisotopic (exact) mass is 287 g/mol. The van der Waals surface area contributed by atoms with Gasteiger partial charge in [-0.25, -0.2) is 0 Å². The van der Waals surface area contributed by atoms with Gasteiger partial charge in [0.1, 0.15) is 0 Å². The minimum atomic E-state index is -4.13. The van der Waals surface area contributed by atoms with Crippen molar-refractivity contribution < 1.29 is 13.2 Å². The van der Waals surface area contributed by atoms with Crippen molar-refractivity contribution in [3.63, 3.8) is 0 Å². The Bertz CT molecular complexity index is 533. The summed E-state index contributed by atoms with van der Waals surface area (Å²) in [6, 6.07) is 7.28. The molecule has 0 fully saturated rings. The molecule has 0 aliphatic heterocycles. The predicted molar refractivity (Wildman–Crippen MR) is 73.7 cm³/mol. The molecular formula is C14H16F3NS. The average Bonchev–Trinajstić information content (AvgIpc) is 2.71. The van der Waals surface area contributed by atoms with Crippen LogP contribution in [0.25, 0.3) is 10.1 Å². The van der Waals surface area contributed by atoms with E-state index in [1.54, 1.807) is 11.3 Å². The van der Waals surface area contributed by atoms with Crippen molar-refractivity contribution in [2.24, 2.45) is 0 Å². The van der Waals surface area contributed by atoms with Crippen molar-refractivity contribution in [3.8, 4) is 0 Å². The summed E-state index contributed by atoms with van der Waals surface area (Å²) in [4.78, 5) is 0. The fourth-order valence-electron chi connectivity index (χ4n) is 2.24. The van der Waals surface area contributed by atoms with Crippen molar-refractivity contribution in [1.29, 1.82) is 0 Å². The second kappa shape index (κ2) is 5.92. The molecule has 1 unspecified atom stereocenters.